The maximum absolute atomic E-state index is 6.18. The van der Waals surface area contributed by atoms with Crippen LogP contribution in [0.5, 0.6) is 0 Å². The zero-order chi connectivity index (χ0) is 13.1. The van der Waals surface area contributed by atoms with Crippen LogP contribution in [-0.2, 0) is 4.74 Å². The quantitative estimate of drug-likeness (QED) is 0.880. The summed E-state index contributed by atoms with van der Waals surface area (Å²) < 4.78 is 6.18. The lowest BCUT2D eigenvalue weighted by Crippen LogP contribution is -2.36. The van der Waals surface area contributed by atoms with Crippen LogP contribution in [-0.4, -0.2) is 19.3 Å². The lowest BCUT2D eigenvalue weighted by atomic mass is 9.77. The van der Waals surface area contributed by atoms with E-state index < -0.39 is 0 Å². The molecule has 0 saturated heterocycles. The van der Waals surface area contributed by atoms with Gasteiger partial charge in [0.1, 0.15) is 0 Å². The highest BCUT2D eigenvalue weighted by Crippen LogP contribution is 2.38. The molecular formula is C17H25NO. The van der Waals surface area contributed by atoms with Crippen LogP contribution in [0.2, 0.25) is 0 Å². The van der Waals surface area contributed by atoms with Crippen LogP contribution in [0.1, 0.15) is 43.6 Å². The van der Waals surface area contributed by atoms with Crippen molar-refractivity contribution < 1.29 is 4.74 Å². The zero-order valence-electron chi connectivity index (χ0n) is 11.6. The molecule has 3 rings (SSSR count). The molecule has 2 heteroatoms. The van der Waals surface area contributed by atoms with E-state index in [0.29, 0.717) is 17.9 Å². The minimum atomic E-state index is 0.379. The topological polar surface area (TPSA) is 35.2 Å². The van der Waals surface area contributed by atoms with Crippen LogP contribution in [0, 0.1) is 11.8 Å². The van der Waals surface area contributed by atoms with Crippen molar-refractivity contribution in [3.05, 3.63) is 35.9 Å². The van der Waals surface area contributed by atoms with E-state index in [9.17, 15) is 0 Å². The van der Waals surface area contributed by atoms with E-state index >= 15 is 0 Å². The molecule has 0 heterocycles. The van der Waals surface area contributed by atoms with Gasteiger partial charge in [-0.2, -0.15) is 0 Å². The minimum absolute atomic E-state index is 0.379. The Hall–Kier alpha value is -0.860. The number of hydrogen-bond acceptors (Lipinski definition) is 2. The third-order valence-electron chi connectivity index (χ3n) is 4.75. The van der Waals surface area contributed by atoms with Gasteiger partial charge in [0.15, 0.2) is 0 Å². The maximum Gasteiger partial charge on any atom is 0.0621 e. The number of nitrogens with two attached hydrogens (primary N) is 1. The first-order valence-electron chi connectivity index (χ1n) is 7.73. The van der Waals surface area contributed by atoms with Crippen LogP contribution in [0.3, 0.4) is 0 Å². The van der Waals surface area contributed by atoms with Gasteiger partial charge in [-0.25, -0.2) is 0 Å². The molecule has 2 aliphatic carbocycles. The van der Waals surface area contributed by atoms with Crippen molar-refractivity contribution in [2.45, 2.75) is 44.1 Å². The van der Waals surface area contributed by atoms with Gasteiger partial charge in [0.05, 0.1) is 6.10 Å². The second kappa shape index (κ2) is 6.06. The Morgan fingerprint density at radius 1 is 1.05 bits per heavy atom. The Labute approximate surface area is 116 Å². The molecule has 0 bridgehead atoms. The van der Waals surface area contributed by atoms with Crippen LogP contribution in [0.15, 0.2) is 30.3 Å². The molecular weight excluding hydrogens is 234 g/mol. The van der Waals surface area contributed by atoms with E-state index in [1.807, 2.05) is 0 Å². The molecule has 2 fully saturated rings. The maximum atomic E-state index is 6.18. The zero-order valence-corrected chi connectivity index (χ0v) is 11.6. The summed E-state index contributed by atoms with van der Waals surface area (Å²) in [4.78, 5) is 0. The van der Waals surface area contributed by atoms with Crippen molar-refractivity contribution in [2.75, 3.05) is 13.2 Å². The van der Waals surface area contributed by atoms with Crippen LogP contribution < -0.4 is 5.73 Å². The summed E-state index contributed by atoms with van der Waals surface area (Å²) in [6.45, 7) is 1.74. The standard InChI is InChI=1S/C17H25NO/c18-11-16-9-8-15(14-4-2-1-3-5-14)10-17(16)19-12-13-6-7-13/h1-5,13,15-17H,6-12,18H2. The molecule has 2 saturated carbocycles. The first-order valence-corrected chi connectivity index (χ1v) is 7.73. The molecule has 1 aromatic rings. The van der Waals surface area contributed by atoms with Crippen molar-refractivity contribution in [3.8, 4) is 0 Å². The van der Waals surface area contributed by atoms with Crippen molar-refractivity contribution in [2.24, 2.45) is 17.6 Å². The van der Waals surface area contributed by atoms with Crippen LogP contribution in [0.4, 0.5) is 0 Å². The third kappa shape index (κ3) is 3.37. The smallest absolute Gasteiger partial charge is 0.0621 e. The largest absolute Gasteiger partial charge is 0.378 e. The van der Waals surface area contributed by atoms with Gasteiger partial charge in [-0.15, -0.1) is 0 Å². The van der Waals surface area contributed by atoms with Gasteiger partial charge in [0.25, 0.3) is 0 Å². The second-order valence-electron chi connectivity index (χ2n) is 6.23. The monoisotopic (exact) mass is 259 g/mol. The van der Waals surface area contributed by atoms with Gasteiger partial charge >= 0.3 is 0 Å². The molecule has 2 nitrogen and oxygen atoms in total. The van der Waals surface area contributed by atoms with E-state index in [1.54, 1.807) is 0 Å². The molecule has 3 atom stereocenters. The molecule has 0 radical (unpaired) electrons. The Kier molecular flexibility index (Phi) is 4.19. The second-order valence-corrected chi connectivity index (χ2v) is 6.23. The van der Waals surface area contributed by atoms with E-state index in [0.717, 1.165) is 25.5 Å². The Bertz CT molecular complexity index is 388. The number of benzene rings is 1. The predicted octanol–water partition coefficient (Wildman–Crippen LogP) is 3.32. The minimum Gasteiger partial charge on any atom is -0.378 e. The van der Waals surface area contributed by atoms with E-state index in [-0.39, 0.29) is 0 Å². The van der Waals surface area contributed by atoms with E-state index in [1.165, 1.54) is 31.2 Å². The fraction of sp³-hybridized carbons (Fsp3) is 0.647. The van der Waals surface area contributed by atoms with Crippen molar-refractivity contribution in [1.82, 2.24) is 0 Å². The predicted molar refractivity (Wildman–Crippen MR) is 78.0 cm³/mol. The number of rotatable bonds is 5. The highest BCUT2D eigenvalue weighted by Gasteiger charge is 2.32. The fourth-order valence-electron chi connectivity index (χ4n) is 3.24. The summed E-state index contributed by atoms with van der Waals surface area (Å²) >= 11 is 0. The summed E-state index contributed by atoms with van der Waals surface area (Å²) in [7, 11) is 0. The molecule has 0 spiro atoms. The highest BCUT2D eigenvalue weighted by molar-refractivity contribution is 5.20. The number of hydrogen-bond donors (Lipinski definition) is 1. The normalized spacial score (nSPS) is 31.3. The molecule has 2 N–H and O–H groups in total. The molecule has 1 aromatic carbocycles. The van der Waals surface area contributed by atoms with Gasteiger partial charge in [-0.1, -0.05) is 30.3 Å². The first kappa shape index (κ1) is 13.1. The Morgan fingerprint density at radius 2 is 1.84 bits per heavy atom. The molecule has 2 aliphatic rings. The third-order valence-corrected chi connectivity index (χ3v) is 4.75. The molecule has 3 unspecified atom stereocenters. The Balaban J connectivity index is 1.62. The molecule has 0 aromatic heterocycles. The van der Waals surface area contributed by atoms with E-state index in [4.69, 9.17) is 10.5 Å². The summed E-state index contributed by atoms with van der Waals surface area (Å²) in [6, 6.07) is 10.9. The van der Waals surface area contributed by atoms with Crippen molar-refractivity contribution >= 4 is 0 Å². The van der Waals surface area contributed by atoms with Crippen LogP contribution in [0.25, 0.3) is 0 Å². The summed E-state index contributed by atoms with van der Waals surface area (Å²) in [5, 5.41) is 0. The summed E-state index contributed by atoms with van der Waals surface area (Å²) in [5.41, 5.74) is 7.39. The Morgan fingerprint density at radius 3 is 2.53 bits per heavy atom. The summed E-state index contributed by atoms with van der Waals surface area (Å²) in [5.74, 6) is 2.07. The lowest BCUT2D eigenvalue weighted by Gasteiger charge is -2.35. The van der Waals surface area contributed by atoms with Crippen molar-refractivity contribution in [1.29, 1.82) is 0 Å². The van der Waals surface area contributed by atoms with Gasteiger partial charge in [0.2, 0.25) is 0 Å². The van der Waals surface area contributed by atoms with Gasteiger partial charge in [0, 0.05) is 6.61 Å². The SMILES string of the molecule is NCC1CCC(c2ccccc2)CC1OCC1CC1. The molecule has 19 heavy (non-hydrogen) atoms. The number of ether oxygens (including phenoxy) is 1. The van der Waals surface area contributed by atoms with E-state index in [2.05, 4.69) is 30.3 Å². The van der Waals surface area contributed by atoms with Gasteiger partial charge in [-0.3, -0.25) is 0 Å². The van der Waals surface area contributed by atoms with Gasteiger partial charge < -0.3 is 10.5 Å². The molecule has 104 valence electrons. The lowest BCUT2D eigenvalue weighted by molar-refractivity contribution is -0.0185. The average molecular weight is 259 g/mol. The molecule has 0 aliphatic heterocycles. The highest BCUT2D eigenvalue weighted by atomic mass is 16.5. The summed E-state index contributed by atoms with van der Waals surface area (Å²) in [6.07, 6.45) is 6.73. The van der Waals surface area contributed by atoms with Gasteiger partial charge in [-0.05, 0) is 62.0 Å². The van der Waals surface area contributed by atoms with Crippen molar-refractivity contribution in [3.63, 3.8) is 0 Å². The van der Waals surface area contributed by atoms with Crippen LogP contribution >= 0.6 is 0 Å². The molecule has 0 amide bonds. The first-order chi connectivity index (χ1) is 9.36. The average Bonchev–Trinajstić information content (AvgIpc) is 3.30. The fourth-order valence-corrected chi connectivity index (χ4v) is 3.24.